The molecule has 2 heterocycles. The molecule has 1 aliphatic rings. The van der Waals surface area contributed by atoms with Gasteiger partial charge in [-0.1, -0.05) is 12.2 Å². The van der Waals surface area contributed by atoms with Crippen LogP contribution in [0.4, 0.5) is 0 Å². The second kappa shape index (κ2) is 5.00. The maximum absolute atomic E-state index is 11.7. The van der Waals surface area contributed by atoms with E-state index < -0.39 is 0 Å². The highest BCUT2D eigenvalue weighted by Gasteiger charge is 2.26. The smallest absolute Gasteiger partial charge is 0.219 e. The van der Waals surface area contributed by atoms with E-state index in [1.807, 2.05) is 17.2 Å². The number of amides is 1. The molecular weight excluding hydrogens is 232 g/mol. The Balaban J connectivity index is 2.36. The minimum absolute atomic E-state index is 0.163. The number of piperidine rings is 1. The summed E-state index contributed by atoms with van der Waals surface area (Å²) in [5.74, 6) is 0.163. The summed E-state index contributed by atoms with van der Waals surface area (Å²) in [4.78, 5) is 16.7. The minimum Gasteiger partial charge on any atom is -0.353 e. The summed E-state index contributed by atoms with van der Waals surface area (Å²) in [6.07, 6.45) is 5.30. The maximum Gasteiger partial charge on any atom is 0.219 e. The number of carbonyl (C=O) groups excluding carboxylic acids is 1. The molecule has 0 bridgehead atoms. The standard InChI is InChI=1S/C13H18N2OS/c1-9-7-13(17)14-8-11(9)12-5-3-4-6-15(12)10(2)16/h7-8,12H,3-6H2,1-2H3,(H,14,17)/t12-/m0/s1. The zero-order valence-electron chi connectivity index (χ0n) is 10.3. The molecule has 1 saturated heterocycles. The van der Waals surface area contributed by atoms with Crippen LogP contribution in [0.2, 0.25) is 0 Å². The summed E-state index contributed by atoms with van der Waals surface area (Å²) in [5.41, 5.74) is 2.38. The minimum atomic E-state index is 0.163. The van der Waals surface area contributed by atoms with Gasteiger partial charge in [0.2, 0.25) is 5.91 Å². The summed E-state index contributed by atoms with van der Waals surface area (Å²) >= 11 is 5.11. The second-order valence-corrected chi connectivity index (χ2v) is 5.10. The monoisotopic (exact) mass is 250 g/mol. The predicted octanol–water partition coefficient (Wildman–Crippen LogP) is 3.13. The summed E-state index contributed by atoms with van der Waals surface area (Å²) < 4.78 is 0.747. The van der Waals surface area contributed by atoms with Gasteiger partial charge >= 0.3 is 0 Å². The van der Waals surface area contributed by atoms with E-state index in [0.717, 1.165) is 24.0 Å². The van der Waals surface area contributed by atoms with E-state index >= 15 is 0 Å². The van der Waals surface area contributed by atoms with Gasteiger partial charge in [0.1, 0.15) is 4.64 Å². The molecule has 92 valence electrons. The van der Waals surface area contributed by atoms with Crippen LogP contribution in [-0.4, -0.2) is 22.3 Å². The van der Waals surface area contributed by atoms with Crippen molar-refractivity contribution in [1.29, 1.82) is 0 Å². The van der Waals surface area contributed by atoms with Crippen molar-refractivity contribution in [2.75, 3.05) is 6.54 Å². The lowest BCUT2D eigenvalue weighted by Crippen LogP contribution is -2.37. The van der Waals surface area contributed by atoms with Crippen molar-refractivity contribution in [3.63, 3.8) is 0 Å². The molecule has 0 aliphatic carbocycles. The molecule has 17 heavy (non-hydrogen) atoms. The van der Waals surface area contributed by atoms with E-state index in [4.69, 9.17) is 12.2 Å². The molecule has 1 aromatic rings. The van der Waals surface area contributed by atoms with Crippen molar-refractivity contribution in [2.45, 2.75) is 39.2 Å². The lowest BCUT2D eigenvalue weighted by atomic mass is 9.93. The molecule has 0 saturated carbocycles. The molecule has 0 radical (unpaired) electrons. The molecule has 0 aromatic carbocycles. The lowest BCUT2D eigenvalue weighted by Gasteiger charge is -2.36. The van der Waals surface area contributed by atoms with E-state index in [1.54, 1.807) is 6.92 Å². The van der Waals surface area contributed by atoms with Crippen molar-refractivity contribution in [3.05, 3.63) is 28.0 Å². The van der Waals surface area contributed by atoms with Gasteiger partial charge in [-0.25, -0.2) is 0 Å². The Labute approximate surface area is 107 Å². The Morgan fingerprint density at radius 1 is 1.53 bits per heavy atom. The van der Waals surface area contributed by atoms with Crippen LogP contribution in [0.5, 0.6) is 0 Å². The highest BCUT2D eigenvalue weighted by molar-refractivity contribution is 7.71. The van der Waals surface area contributed by atoms with Crippen LogP contribution in [0.3, 0.4) is 0 Å². The fourth-order valence-electron chi connectivity index (χ4n) is 2.58. The number of hydrogen-bond donors (Lipinski definition) is 1. The Morgan fingerprint density at radius 3 is 2.94 bits per heavy atom. The summed E-state index contributed by atoms with van der Waals surface area (Å²) in [7, 11) is 0. The van der Waals surface area contributed by atoms with Gasteiger partial charge in [0.15, 0.2) is 0 Å². The first-order valence-corrected chi connectivity index (χ1v) is 6.47. The number of nitrogens with zero attached hydrogens (tertiary/aromatic N) is 1. The number of aromatic amines is 1. The fourth-order valence-corrected chi connectivity index (χ4v) is 2.81. The Kier molecular flexibility index (Phi) is 3.62. The summed E-state index contributed by atoms with van der Waals surface area (Å²) in [6.45, 7) is 4.58. The molecular formula is C13H18N2OS. The van der Waals surface area contributed by atoms with Crippen LogP contribution in [0.15, 0.2) is 12.3 Å². The predicted molar refractivity (Wildman–Crippen MR) is 70.3 cm³/mol. The highest BCUT2D eigenvalue weighted by atomic mass is 32.1. The van der Waals surface area contributed by atoms with Crippen molar-refractivity contribution in [3.8, 4) is 0 Å². The topological polar surface area (TPSA) is 36.1 Å². The zero-order chi connectivity index (χ0) is 12.4. The first-order valence-electron chi connectivity index (χ1n) is 6.06. The molecule has 3 nitrogen and oxygen atoms in total. The number of carbonyl (C=O) groups is 1. The third-order valence-electron chi connectivity index (χ3n) is 3.44. The van der Waals surface area contributed by atoms with Gasteiger partial charge in [0.25, 0.3) is 0 Å². The van der Waals surface area contributed by atoms with Gasteiger partial charge < -0.3 is 9.88 Å². The number of pyridine rings is 1. The largest absolute Gasteiger partial charge is 0.353 e. The van der Waals surface area contributed by atoms with Crippen LogP contribution in [0, 0.1) is 11.6 Å². The molecule has 1 aromatic heterocycles. The van der Waals surface area contributed by atoms with E-state index in [1.165, 1.54) is 17.5 Å². The SMILES string of the molecule is CC(=O)N1CCCC[C@H]1c1c[nH]c(=S)cc1C. The van der Waals surface area contributed by atoms with Gasteiger partial charge in [0, 0.05) is 19.7 Å². The van der Waals surface area contributed by atoms with Gasteiger partial charge in [-0.05, 0) is 43.4 Å². The van der Waals surface area contributed by atoms with Gasteiger partial charge in [0.05, 0.1) is 6.04 Å². The Hall–Kier alpha value is -1.16. The van der Waals surface area contributed by atoms with Crippen LogP contribution in [0.1, 0.15) is 43.4 Å². The quantitative estimate of drug-likeness (QED) is 0.777. The third-order valence-corrected chi connectivity index (χ3v) is 3.67. The molecule has 1 fully saturated rings. The summed E-state index contributed by atoms with van der Waals surface area (Å²) in [5, 5.41) is 0. The zero-order valence-corrected chi connectivity index (χ0v) is 11.1. The van der Waals surface area contributed by atoms with Gasteiger partial charge in [-0.3, -0.25) is 4.79 Å². The molecule has 1 amide bonds. The van der Waals surface area contributed by atoms with Crippen LogP contribution < -0.4 is 0 Å². The van der Waals surface area contributed by atoms with Crippen LogP contribution >= 0.6 is 12.2 Å². The molecule has 1 aliphatic heterocycles. The third kappa shape index (κ3) is 2.57. The summed E-state index contributed by atoms with van der Waals surface area (Å²) in [6, 6.07) is 2.19. The highest BCUT2D eigenvalue weighted by Crippen LogP contribution is 2.32. The molecule has 4 heteroatoms. The van der Waals surface area contributed by atoms with Crippen molar-refractivity contribution >= 4 is 18.1 Å². The average Bonchev–Trinajstić information content (AvgIpc) is 2.29. The Bertz CT molecular complexity index is 481. The maximum atomic E-state index is 11.7. The number of rotatable bonds is 1. The number of hydrogen-bond acceptors (Lipinski definition) is 2. The van der Waals surface area contributed by atoms with Crippen LogP contribution in [0.25, 0.3) is 0 Å². The van der Waals surface area contributed by atoms with Gasteiger partial charge in [-0.15, -0.1) is 0 Å². The Morgan fingerprint density at radius 2 is 2.29 bits per heavy atom. The van der Waals surface area contributed by atoms with Crippen molar-refractivity contribution in [1.82, 2.24) is 9.88 Å². The first-order chi connectivity index (χ1) is 8.09. The number of H-pyrrole nitrogens is 1. The van der Waals surface area contributed by atoms with E-state index in [0.29, 0.717) is 0 Å². The molecule has 0 spiro atoms. The number of aromatic nitrogens is 1. The molecule has 1 N–H and O–H groups in total. The van der Waals surface area contributed by atoms with Crippen molar-refractivity contribution in [2.24, 2.45) is 0 Å². The first kappa shape index (κ1) is 12.3. The second-order valence-electron chi connectivity index (χ2n) is 4.66. The normalized spacial score (nSPS) is 20.4. The lowest BCUT2D eigenvalue weighted by molar-refractivity contribution is -0.132. The van der Waals surface area contributed by atoms with E-state index in [2.05, 4.69) is 11.9 Å². The van der Waals surface area contributed by atoms with Crippen LogP contribution in [-0.2, 0) is 4.79 Å². The fraction of sp³-hybridized carbons (Fsp3) is 0.538. The molecule has 0 unspecified atom stereocenters. The van der Waals surface area contributed by atoms with E-state index in [9.17, 15) is 4.79 Å². The molecule has 1 atom stereocenters. The number of likely N-dealkylation sites (tertiary alicyclic amines) is 1. The van der Waals surface area contributed by atoms with E-state index in [-0.39, 0.29) is 11.9 Å². The van der Waals surface area contributed by atoms with Crippen molar-refractivity contribution < 1.29 is 4.79 Å². The number of nitrogens with one attached hydrogen (secondary N) is 1. The molecule has 2 rings (SSSR count). The number of aryl methyl sites for hydroxylation is 1. The van der Waals surface area contributed by atoms with Gasteiger partial charge in [-0.2, -0.15) is 0 Å². The average molecular weight is 250 g/mol.